The van der Waals surface area contributed by atoms with Crippen LogP contribution in [0.5, 0.6) is 0 Å². The van der Waals surface area contributed by atoms with Crippen LogP contribution in [0.3, 0.4) is 0 Å². The predicted molar refractivity (Wildman–Crippen MR) is 89.8 cm³/mol. The molecule has 2 aliphatic heterocycles. The Hall–Kier alpha value is -1.91. The number of amides is 2. The van der Waals surface area contributed by atoms with Gasteiger partial charge in [-0.1, -0.05) is 18.2 Å². The average Bonchev–Trinajstić information content (AvgIpc) is 2.73. The van der Waals surface area contributed by atoms with Crippen molar-refractivity contribution in [2.24, 2.45) is 5.92 Å². The van der Waals surface area contributed by atoms with Crippen LogP contribution in [0.25, 0.3) is 0 Å². The molecule has 1 aromatic rings. The van der Waals surface area contributed by atoms with Crippen molar-refractivity contribution in [1.29, 1.82) is 0 Å². The zero-order valence-corrected chi connectivity index (χ0v) is 14.2. The average molecular weight is 332 g/mol. The van der Waals surface area contributed by atoms with Gasteiger partial charge in [0.15, 0.2) is 0 Å². The molecular weight excluding hydrogens is 307 g/mol. The molecule has 0 radical (unpaired) electrons. The number of piperidine rings is 1. The molecule has 4 nitrogen and oxygen atoms in total. The van der Waals surface area contributed by atoms with Crippen LogP contribution in [0.15, 0.2) is 24.3 Å². The molecule has 0 aliphatic carbocycles. The Morgan fingerprint density at radius 2 is 2.08 bits per heavy atom. The summed E-state index contributed by atoms with van der Waals surface area (Å²) >= 11 is 0. The van der Waals surface area contributed by atoms with Crippen LogP contribution in [0.1, 0.15) is 37.7 Å². The molecule has 1 aromatic carbocycles. The fourth-order valence-corrected chi connectivity index (χ4v) is 4.02. The van der Waals surface area contributed by atoms with E-state index in [9.17, 15) is 14.0 Å². The maximum absolute atomic E-state index is 13.7. The quantitative estimate of drug-likeness (QED) is 0.854. The van der Waals surface area contributed by atoms with E-state index < -0.39 is 0 Å². The first-order chi connectivity index (χ1) is 11.6. The molecule has 2 fully saturated rings. The molecule has 0 saturated carbocycles. The Labute approximate surface area is 142 Å². The highest BCUT2D eigenvalue weighted by Crippen LogP contribution is 2.30. The Morgan fingerprint density at radius 1 is 1.29 bits per heavy atom. The summed E-state index contributed by atoms with van der Waals surface area (Å²) in [5.74, 6) is 0.442. The van der Waals surface area contributed by atoms with Crippen molar-refractivity contribution in [3.8, 4) is 0 Å². The molecule has 3 rings (SSSR count). The van der Waals surface area contributed by atoms with Crippen molar-refractivity contribution < 1.29 is 14.0 Å². The molecule has 130 valence electrons. The monoisotopic (exact) mass is 332 g/mol. The normalized spacial score (nSPS) is 24.5. The van der Waals surface area contributed by atoms with Gasteiger partial charge >= 0.3 is 0 Å². The smallest absolute Gasteiger partial charge is 0.222 e. The van der Waals surface area contributed by atoms with Crippen LogP contribution < -0.4 is 0 Å². The summed E-state index contributed by atoms with van der Waals surface area (Å²) in [6.07, 6.45) is 4.14. The van der Waals surface area contributed by atoms with Gasteiger partial charge in [0, 0.05) is 39.0 Å². The number of carbonyl (C=O) groups is 2. The molecule has 2 amide bonds. The van der Waals surface area contributed by atoms with Crippen LogP contribution in [0.2, 0.25) is 0 Å². The van der Waals surface area contributed by atoms with E-state index in [1.54, 1.807) is 18.2 Å². The van der Waals surface area contributed by atoms with Gasteiger partial charge in [-0.05, 0) is 43.2 Å². The van der Waals surface area contributed by atoms with Gasteiger partial charge in [-0.25, -0.2) is 4.39 Å². The van der Waals surface area contributed by atoms with E-state index in [1.165, 1.54) is 6.07 Å². The second-order valence-electron chi connectivity index (χ2n) is 6.94. The largest absolute Gasteiger partial charge is 0.342 e. The van der Waals surface area contributed by atoms with Gasteiger partial charge in [0.25, 0.3) is 0 Å². The lowest BCUT2D eigenvalue weighted by Crippen LogP contribution is -2.51. The fourth-order valence-electron chi connectivity index (χ4n) is 4.02. The van der Waals surface area contributed by atoms with Crippen LogP contribution in [0, 0.1) is 11.7 Å². The minimum Gasteiger partial charge on any atom is -0.342 e. The van der Waals surface area contributed by atoms with E-state index in [2.05, 4.69) is 0 Å². The van der Waals surface area contributed by atoms with E-state index in [0.717, 1.165) is 25.8 Å². The first-order valence-electron chi connectivity index (χ1n) is 8.83. The minimum absolute atomic E-state index is 0.0925. The molecule has 5 heteroatoms. The highest BCUT2D eigenvalue weighted by molar-refractivity contribution is 5.78. The van der Waals surface area contributed by atoms with E-state index in [-0.39, 0.29) is 23.7 Å². The van der Waals surface area contributed by atoms with Gasteiger partial charge in [-0.3, -0.25) is 9.59 Å². The number of aryl methyl sites for hydroxylation is 1. The molecule has 2 saturated heterocycles. The molecule has 2 heterocycles. The first-order valence-corrected chi connectivity index (χ1v) is 8.83. The second-order valence-corrected chi connectivity index (χ2v) is 6.94. The van der Waals surface area contributed by atoms with Crippen LogP contribution in [-0.2, 0) is 16.0 Å². The van der Waals surface area contributed by atoms with Gasteiger partial charge in [-0.15, -0.1) is 0 Å². The molecule has 0 spiro atoms. The van der Waals surface area contributed by atoms with E-state index >= 15 is 0 Å². The predicted octanol–water partition coefficient (Wildman–Crippen LogP) is 2.62. The Morgan fingerprint density at radius 3 is 2.88 bits per heavy atom. The molecule has 2 atom stereocenters. The van der Waals surface area contributed by atoms with E-state index in [1.807, 2.05) is 16.8 Å². The second kappa shape index (κ2) is 7.32. The van der Waals surface area contributed by atoms with Gasteiger partial charge in [0.1, 0.15) is 5.82 Å². The van der Waals surface area contributed by atoms with Crippen LogP contribution >= 0.6 is 0 Å². The van der Waals surface area contributed by atoms with Gasteiger partial charge in [-0.2, -0.15) is 0 Å². The van der Waals surface area contributed by atoms with Crippen molar-refractivity contribution in [1.82, 2.24) is 9.80 Å². The number of halogens is 1. The van der Waals surface area contributed by atoms with Gasteiger partial charge in [0.05, 0.1) is 0 Å². The standard InChI is InChI=1S/C19H25FN2O2/c1-21-17-11-12-22(13-15(17)6-4-8-18(21)23)19(24)10-9-14-5-2-3-7-16(14)20/h2-3,5,7,15,17H,4,6,8-13H2,1H3/t15-,17+/m0/s1. The zero-order chi connectivity index (χ0) is 17.1. The van der Waals surface area contributed by atoms with Crippen molar-refractivity contribution in [3.63, 3.8) is 0 Å². The third-order valence-corrected chi connectivity index (χ3v) is 5.47. The third kappa shape index (κ3) is 3.60. The lowest BCUT2D eigenvalue weighted by Gasteiger charge is -2.41. The maximum Gasteiger partial charge on any atom is 0.222 e. The highest BCUT2D eigenvalue weighted by atomic mass is 19.1. The summed E-state index contributed by atoms with van der Waals surface area (Å²) < 4.78 is 13.7. The minimum atomic E-state index is -0.243. The lowest BCUT2D eigenvalue weighted by atomic mass is 9.88. The number of fused-ring (bicyclic) bond motifs is 1. The first kappa shape index (κ1) is 16.9. The molecule has 0 bridgehead atoms. The van der Waals surface area contributed by atoms with Crippen molar-refractivity contribution >= 4 is 11.8 Å². The Bertz CT molecular complexity index is 619. The molecule has 0 aromatic heterocycles. The third-order valence-electron chi connectivity index (χ3n) is 5.47. The summed E-state index contributed by atoms with van der Waals surface area (Å²) in [7, 11) is 1.89. The van der Waals surface area contributed by atoms with Gasteiger partial charge < -0.3 is 9.80 Å². The zero-order valence-electron chi connectivity index (χ0n) is 14.2. The summed E-state index contributed by atoms with van der Waals surface area (Å²) in [4.78, 5) is 28.3. The number of carbonyl (C=O) groups excluding carboxylic acids is 2. The van der Waals surface area contributed by atoms with Crippen molar-refractivity contribution in [2.45, 2.75) is 44.6 Å². The topological polar surface area (TPSA) is 40.6 Å². The summed E-state index contributed by atoms with van der Waals surface area (Å²) in [6.45, 7) is 1.41. The van der Waals surface area contributed by atoms with Crippen molar-refractivity contribution in [3.05, 3.63) is 35.6 Å². The van der Waals surface area contributed by atoms with Crippen molar-refractivity contribution in [2.75, 3.05) is 20.1 Å². The lowest BCUT2D eigenvalue weighted by molar-refractivity contribution is -0.136. The maximum atomic E-state index is 13.7. The summed E-state index contributed by atoms with van der Waals surface area (Å²) in [5.41, 5.74) is 0.598. The van der Waals surface area contributed by atoms with Crippen LogP contribution in [0.4, 0.5) is 4.39 Å². The van der Waals surface area contributed by atoms with Crippen LogP contribution in [-0.4, -0.2) is 47.8 Å². The molecule has 0 unspecified atom stereocenters. The number of benzene rings is 1. The highest BCUT2D eigenvalue weighted by Gasteiger charge is 2.36. The SMILES string of the molecule is CN1C(=O)CCC[C@H]2CN(C(=O)CCc3ccccc3F)CC[C@H]21. The van der Waals surface area contributed by atoms with E-state index in [4.69, 9.17) is 0 Å². The Kier molecular flexibility index (Phi) is 5.17. The molecule has 2 aliphatic rings. The summed E-state index contributed by atoms with van der Waals surface area (Å²) in [6, 6.07) is 6.89. The summed E-state index contributed by atoms with van der Waals surface area (Å²) in [5, 5.41) is 0. The number of hydrogen-bond donors (Lipinski definition) is 0. The Balaban J connectivity index is 1.57. The van der Waals surface area contributed by atoms with Gasteiger partial charge in [0.2, 0.25) is 11.8 Å². The molecule has 24 heavy (non-hydrogen) atoms. The molecule has 0 N–H and O–H groups in total. The fraction of sp³-hybridized carbons (Fsp3) is 0.579. The number of rotatable bonds is 3. The van der Waals surface area contributed by atoms with E-state index in [0.29, 0.717) is 37.3 Å². The number of likely N-dealkylation sites (tertiary alicyclic amines) is 2. The number of nitrogens with zero attached hydrogens (tertiary/aromatic N) is 2. The molecular formula is C19H25FN2O2. The number of hydrogen-bond acceptors (Lipinski definition) is 2.